The van der Waals surface area contributed by atoms with Crippen LogP contribution in [0.2, 0.25) is 5.15 Å². The average Bonchev–Trinajstić information content (AvgIpc) is 2.55. The number of carbonyl (C=O) groups is 1. The monoisotopic (exact) mass is 282 g/mol. The molecule has 0 saturated heterocycles. The Labute approximate surface area is 120 Å². The largest absolute Gasteiger partial charge is 0.299 e. The molecule has 1 aromatic heterocycles. The SMILES string of the molecule is Cc1nn(C)c(Cl)c1CC(=O)C1CCCCC1(C)C. The van der Waals surface area contributed by atoms with Crippen LogP contribution in [0.4, 0.5) is 0 Å². The molecule has 2 rings (SSSR count). The number of nitrogens with zero attached hydrogens (tertiary/aromatic N) is 2. The number of rotatable bonds is 3. The number of carbonyl (C=O) groups excluding carboxylic acids is 1. The van der Waals surface area contributed by atoms with Crippen LogP contribution in [-0.4, -0.2) is 15.6 Å². The number of aryl methyl sites for hydroxylation is 2. The van der Waals surface area contributed by atoms with Crippen LogP contribution in [0.25, 0.3) is 0 Å². The molecule has 1 saturated carbocycles. The van der Waals surface area contributed by atoms with Crippen molar-refractivity contribution in [1.82, 2.24) is 9.78 Å². The summed E-state index contributed by atoms with van der Waals surface area (Å²) >= 11 is 6.22. The molecule has 1 atom stereocenters. The summed E-state index contributed by atoms with van der Waals surface area (Å²) in [7, 11) is 1.81. The number of hydrogen-bond donors (Lipinski definition) is 0. The van der Waals surface area contributed by atoms with Crippen molar-refractivity contribution in [3.63, 3.8) is 0 Å². The summed E-state index contributed by atoms with van der Waals surface area (Å²) in [5.41, 5.74) is 1.89. The number of aromatic nitrogens is 2. The van der Waals surface area contributed by atoms with Crippen molar-refractivity contribution in [3.8, 4) is 0 Å². The predicted molar refractivity (Wildman–Crippen MR) is 77.4 cm³/mol. The fourth-order valence-corrected chi connectivity index (χ4v) is 3.50. The molecule has 1 aliphatic rings. The summed E-state index contributed by atoms with van der Waals surface area (Å²) in [4.78, 5) is 12.6. The van der Waals surface area contributed by atoms with E-state index in [0.717, 1.165) is 24.1 Å². The second-order valence-electron chi connectivity index (χ2n) is 6.41. The third kappa shape index (κ3) is 2.86. The summed E-state index contributed by atoms with van der Waals surface area (Å²) in [6.45, 7) is 6.35. The first-order valence-corrected chi connectivity index (χ1v) is 7.41. The van der Waals surface area contributed by atoms with Crippen LogP contribution < -0.4 is 0 Å². The maximum absolute atomic E-state index is 12.6. The highest BCUT2D eigenvalue weighted by Crippen LogP contribution is 2.41. The van der Waals surface area contributed by atoms with Gasteiger partial charge in [0.05, 0.1) is 5.69 Å². The molecule has 106 valence electrons. The molecule has 4 heteroatoms. The van der Waals surface area contributed by atoms with E-state index in [4.69, 9.17) is 11.6 Å². The van der Waals surface area contributed by atoms with Crippen molar-refractivity contribution in [2.45, 2.75) is 52.9 Å². The average molecular weight is 283 g/mol. The lowest BCUT2D eigenvalue weighted by molar-refractivity contribution is -0.127. The normalized spacial score (nSPS) is 22.5. The van der Waals surface area contributed by atoms with E-state index in [1.807, 2.05) is 14.0 Å². The predicted octanol–water partition coefficient (Wildman–Crippen LogP) is 3.71. The van der Waals surface area contributed by atoms with E-state index >= 15 is 0 Å². The van der Waals surface area contributed by atoms with E-state index in [0.29, 0.717) is 17.4 Å². The fourth-order valence-electron chi connectivity index (χ4n) is 3.26. The molecule has 0 radical (unpaired) electrons. The van der Waals surface area contributed by atoms with Gasteiger partial charge in [-0.05, 0) is 25.2 Å². The Bertz CT molecular complexity index is 491. The summed E-state index contributed by atoms with van der Waals surface area (Å²) in [5.74, 6) is 0.486. The van der Waals surface area contributed by atoms with Crippen molar-refractivity contribution in [2.24, 2.45) is 18.4 Å². The van der Waals surface area contributed by atoms with Gasteiger partial charge in [0.2, 0.25) is 0 Å². The molecule has 1 aromatic rings. The lowest BCUT2D eigenvalue weighted by atomic mass is 9.66. The van der Waals surface area contributed by atoms with Crippen LogP contribution in [0.1, 0.15) is 50.8 Å². The van der Waals surface area contributed by atoms with Gasteiger partial charge in [-0.15, -0.1) is 0 Å². The lowest BCUT2D eigenvalue weighted by Crippen LogP contribution is -2.35. The standard InChI is InChI=1S/C15H23ClN2O/c1-10-11(14(16)18(4)17-10)9-13(19)12-7-5-6-8-15(12,2)3/h12H,5-9H2,1-4H3. The van der Waals surface area contributed by atoms with E-state index in [1.165, 1.54) is 12.8 Å². The fraction of sp³-hybridized carbons (Fsp3) is 0.733. The third-order valence-corrected chi connectivity index (χ3v) is 4.99. The molecule has 0 amide bonds. The van der Waals surface area contributed by atoms with Gasteiger partial charge in [-0.3, -0.25) is 9.48 Å². The zero-order valence-corrected chi connectivity index (χ0v) is 13.0. The van der Waals surface area contributed by atoms with Gasteiger partial charge < -0.3 is 0 Å². The second-order valence-corrected chi connectivity index (χ2v) is 6.77. The van der Waals surface area contributed by atoms with E-state index in [9.17, 15) is 4.79 Å². The van der Waals surface area contributed by atoms with Gasteiger partial charge in [0.25, 0.3) is 0 Å². The quantitative estimate of drug-likeness (QED) is 0.847. The van der Waals surface area contributed by atoms with Gasteiger partial charge in [0.1, 0.15) is 10.9 Å². The van der Waals surface area contributed by atoms with Crippen molar-refractivity contribution in [2.75, 3.05) is 0 Å². The van der Waals surface area contributed by atoms with Gasteiger partial charge in [-0.25, -0.2) is 0 Å². The van der Waals surface area contributed by atoms with Gasteiger partial charge in [-0.1, -0.05) is 38.3 Å². The third-order valence-electron chi connectivity index (χ3n) is 4.52. The zero-order chi connectivity index (χ0) is 14.2. The summed E-state index contributed by atoms with van der Waals surface area (Å²) in [6, 6.07) is 0. The number of halogens is 1. The molecule has 0 aliphatic heterocycles. The van der Waals surface area contributed by atoms with Crippen LogP contribution in [0.3, 0.4) is 0 Å². The van der Waals surface area contributed by atoms with Gasteiger partial charge in [0, 0.05) is 24.9 Å². The van der Waals surface area contributed by atoms with Crippen molar-refractivity contribution >= 4 is 17.4 Å². The Kier molecular flexibility index (Phi) is 4.05. The van der Waals surface area contributed by atoms with Crippen LogP contribution in [0.15, 0.2) is 0 Å². The molecular weight excluding hydrogens is 260 g/mol. The van der Waals surface area contributed by atoms with Gasteiger partial charge >= 0.3 is 0 Å². The Hall–Kier alpha value is -0.830. The molecule has 1 heterocycles. The lowest BCUT2D eigenvalue weighted by Gasteiger charge is -2.37. The summed E-state index contributed by atoms with van der Waals surface area (Å²) in [6.07, 6.45) is 4.99. The first-order chi connectivity index (χ1) is 8.83. The molecule has 0 spiro atoms. The Morgan fingerprint density at radius 3 is 2.68 bits per heavy atom. The molecule has 1 unspecified atom stereocenters. The topological polar surface area (TPSA) is 34.9 Å². The van der Waals surface area contributed by atoms with Crippen molar-refractivity contribution in [3.05, 3.63) is 16.4 Å². The van der Waals surface area contributed by atoms with E-state index in [-0.39, 0.29) is 11.3 Å². The molecule has 3 nitrogen and oxygen atoms in total. The molecule has 0 N–H and O–H groups in total. The number of ketones is 1. The molecule has 0 aromatic carbocycles. The van der Waals surface area contributed by atoms with Crippen LogP contribution in [0, 0.1) is 18.3 Å². The summed E-state index contributed by atoms with van der Waals surface area (Å²) < 4.78 is 1.64. The molecule has 1 aliphatic carbocycles. The number of Topliss-reactive ketones (excluding diaryl/α,β-unsaturated/α-hetero) is 1. The van der Waals surface area contributed by atoms with E-state index < -0.39 is 0 Å². The minimum atomic E-state index is 0.123. The smallest absolute Gasteiger partial charge is 0.141 e. The highest BCUT2D eigenvalue weighted by molar-refractivity contribution is 6.30. The Balaban J connectivity index is 2.16. The van der Waals surface area contributed by atoms with Crippen molar-refractivity contribution < 1.29 is 4.79 Å². The highest BCUT2D eigenvalue weighted by atomic mass is 35.5. The second kappa shape index (κ2) is 5.28. The van der Waals surface area contributed by atoms with Crippen LogP contribution in [-0.2, 0) is 18.3 Å². The van der Waals surface area contributed by atoms with Crippen molar-refractivity contribution in [1.29, 1.82) is 0 Å². The maximum Gasteiger partial charge on any atom is 0.141 e. The first kappa shape index (κ1) is 14.6. The molecule has 19 heavy (non-hydrogen) atoms. The Morgan fingerprint density at radius 2 is 2.16 bits per heavy atom. The van der Waals surface area contributed by atoms with E-state index in [2.05, 4.69) is 18.9 Å². The highest BCUT2D eigenvalue weighted by Gasteiger charge is 2.37. The first-order valence-electron chi connectivity index (χ1n) is 7.03. The van der Waals surface area contributed by atoms with Gasteiger partial charge in [-0.2, -0.15) is 5.10 Å². The van der Waals surface area contributed by atoms with Gasteiger partial charge in [0.15, 0.2) is 0 Å². The minimum Gasteiger partial charge on any atom is -0.299 e. The number of hydrogen-bond acceptors (Lipinski definition) is 2. The van der Waals surface area contributed by atoms with Crippen LogP contribution in [0.5, 0.6) is 0 Å². The molecule has 1 fully saturated rings. The minimum absolute atomic E-state index is 0.123. The summed E-state index contributed by atoms with van der Waals surface area (Å²) in [5, 5.41) is 4.87. The van der Waals surface area contributed by atoms with E-state index in [1.54, 1.807) is 4.68 Å². The maximum atomic E-state index is 12.6. The zero-order valence-electron chi connectivity index (χ0n) is 12.3. The molecular formula is C15H23ClN2O. The Morgan fingerprint density at radius 1 is 1.47 bits per heavy atom. The van der Waals surface area contributed by atoms with Crippen LogP contribution >= 0.6 is 11.6 Å². The molecule has 0 bridgehead atoms.